The molecule has 1 heterocycles. The smallest absolute Gasteiger partial charge is 0.226 e. The third-order valence-corrected chi connectivity index (χ3v) is 4.89. The number of carbonyl (C=O) groups is 2. The molecule has 2 aromatic rings. The highest BCUT2D eigenvalue weighted by Gasteiger charge is 2.10. The van der Waals surface area contributed by atoms with E-state index in [9.17, 15) is 9.59 Å². The van der Waals surface area contributed by atoms with Crippen molar-refractivity contribution in [3.63, 3.8) is 0 Å². The van der Waals surface area contributed by atoms with Crippen molar-refractivity contribution in [2.75, 3.05) is 6.54 Å². The second-order valence-corrected chi connectivity index (χ2v) is 7.43. The molecule has 0 aliphatic heterocycles. The number of aryl methyl sites for hydroxylation is 1. The van der Waals surface area contributed by atoms with Crippen LogP contribution >= 0.6 is 11.3 Å². The van der Waals surface area contributed by atoms with Gasteiger partial charge in [0.2, 0.25) is 11.8 Å². The van der Waals surface area contributed by atoms with Crippen LogP contribution in [-0.2, 0) is 22.6 Å². The van der Waals surface area contributed by atoms with E-state index < -0.39 is 0 Å². The number of thiazole rings is 1. The number of amides is 2. The van der Waals surface area contributed by atoms with Gasteiger partial charge in [0, 0.05) is 24.4 Å². The van der Waals surface area contributed by atoms with E-state index in [0.717, 1.165) is 17.2 Å². The summed E-state index contributed by atoms with van der Waals surface area (Å²) < 4.78 is 5.70. The molecule has 1 atom stereocenters. The lowest BCUT2D eigenvalue weighted by Crippen LogP contribution is -2.35. The molecule has 0 bridgehead atoms. The highest BCUT2D eigenvalue weighted by atomic mass is 32.1. The molecule has 0 aliphatic rings. The number of rotatable bonds is 10. The highest BCUT2D eigenvalue weighted by Crippen LogP contribution is 2.16. The van der Waals surface area contributed by atoms with Crippen molar-refractivity contribution in [2.24, 2.45) is 0 Å². The van der Waals surface area contributed by atoms with Crippen molar-refractivity contribution in [1.82, 2.24) is 15.6 Å². The molecular formula is C20H27N3O3S. The van der Waals surface area contributed by atoms with Crippen LogP contribution in [0.15, 0.2) is 29.6 Å². The van der Waals surface area contributed by atoms with E-state index in [1.165, 1.54) is 16.9 Å². The number of nitrogens with zero attached hydrogens (tertiary/aromatic N) is 1. The molecule has 0 fully saturated rings. The van der Waals surface area contributed by atoms with E-state index in [0.29, 0.717) is 18.8 Å². The summed E-state index contributed by atoms with van der Waals surface area (Å²) in [6.07, 6.45) is 1.37. The van der Waals surface area contributed by atoms with Gasteiger partial charge in [0.25, 0.3) is 0 Å². The fourth-order valence-electron chi connectivity index (χ4n) is 2.27. The Morgan fingerprint density at radius 1 is 1.22 bits per heavy atom. The molecular weight excluding hydrogens is 362 g/mol. The fraction of sp³-hybridized carbons (Fsp3) is 0.450. The molecule has 0 radical (unpaired) electrons. The van der Waals surface area contributed by atoms with Crippen molar-refractivity contribution in [3.05, 3.63) is 45.9 Å². The average Bonchev–Trinajstić information content (AvgIpc) is 3.08. The molecule has 1 aromatic carbocycles. The second-order valence-electron chi connectivity index (χ2n) is 6.49. The predicted molar refractivity (Wildman–Crippen MR) is 107 cm³/mol. The van der Waals surface area contributed by atoms with E-state index in [2.05, 4.69) is 15.6 Å². The van der Waals surface area contributed by atoms with Gasteiger partial charge < -0.3 is 15.4 Å². The predicted octanol–water partition coefficient (Wildman–Crippen LogP) is 2.99. The van der Waals surface area contributed by atoms with Gasteiger partial charge in [-0.2, -0.15) is 0 Å². The Labute approximate surface area is 164 Å². The standard InChI is InChI=1S/C20H27N3O3S/c1-4-15(3)22-18(24)9-10-21-19(25)11-16-13-27-20(23-16)12-26-17-7-5-14(2)6-8-17/h5-8,13,15H,4,9-12H2,1-3H3,(H,21,25)(H,22,24). The minimum Gasteiger partial charge on any atom is -0.486 e. The molecule has 27 heavy (non-hydrogen) atoms. The first kappa shape index (κ1) is 20.9. The summed E-state index contributed by atoms with van der Waals surface area (Å²) in [7, 11) is 0. The molecule has 2 rings (SSSR count). The van der Waals surface area contributed by atoms with Gasteiger partial charge in [0.1, 0.15) is 17.4 Å². The Hall–Kier alpha value is -2.41. The van der Waals surface area contributed by atoms with Crippen LogP contribution in [0, 0.1) is 6.92 Å². The first-order chi connectivity index (χ1) is 13.0. The Balaban J connectivity index is 1.69. The largest absolute Gasteiger partial charge is 0.486 e. The quantitative estimate of drug-likeness (QED) is 0.655. The highest BCUT2D eigenvalue weighted by molar-refractivity contribution is 7.09. The van der Waals surface area contributed by atoms with Crippen molar-refractivity contribution in [1.29, 1.82) is 0 Å². The van der Waals surface area contributed by atoms with Gasteiger partial charge in [0.05, 0.1) is 12.1 Å². The van der Waals surface area contributed by atoms with Crippen LogP contribution in [0.25, 0.3) is 0 Å². The van der Waals surface area contributed by atoms with Crippen molar-refractivity contribution in [3.8, 4) is 5.75 Å². The summed E-state index contributed by atoms with van der Waals surface area (Å²) in [6, 6.07) is 8.00. The van der Waals surface area contributed by atoms with Gasteiger partial charge in [-0.3, -0.25) is 9.59 Å². The average molecular weight is 390 g/mol. The van der Waals surface area contributed by atoms with E-state index in [4.69, 9.17) is 4.74 Å². The summed E-state index contributed by atoms with van der Waals surface area (Å²) in [5.41, 5.74) is 1.89. The Kier molecular flexibility index (Phi) is 8.26. The SMILES string of the molecule is CCC(C)NC(=O)CCNC(=O)Cc1csc(COc2ccc(C)cc2)n1. The van der Waals surface area contributed by atoms with Crippen molar-refractivity contribution < 1.29 is 14.3 Å². The Morgan fingerprint density at radius 2 is 1.96 bits per heavy atom. The number of benzene rings is 1. The monoisotopic (exact) mass is 389 g/mol. The minimum absolute atomic E-state index is 0.0474. The zero-order valence-electron chi connectivity index (χ0n) is 16.1. The summed E-state index contributed by atoms with van der Waals surface area (Å²) in [6.45, 7) is 6.71. The van der Waals surface area contributed by atoms with E-state index in [-0.39, 0.29) is 30.7 Å². The molecule has 0 saturated carbocycles. The maximum absolute atomic E-state index is 12.0. The minimum atomic E-state index is -0.136. The van der Waals surface area contributed by atoms with E-state index in [1.807, 2.05) is 50.4 Å². The summed E-state index contributed by atoms with van der Waals surface area (Å²) in [5.74, 6) is 0.613. The van der Waals surface area contributed by atoms with Crippen molar-refractivity contribution >= 4 is 23.2 Å². The van der Waals surface area contributed by atoms with Crippen LogP contribution in [0.4, 0.5) is 0 Å². The zero-order chi connectivity index (χ0) is 19.6. The topological polar surface area (TPSA) is 80.3 Å². The van der Waals surface area contributed by atoms with Crippen LogP contribution in [0.5, 0.6) is 5.75 Å². The molecule has 2 amide bonds. The van der Waals surface area contributed by atoms with Gasteiger partial charge in [-0.1, -0.05) is 24.6 Å². The molecule has 7 heteroatoms. The van der Waals surface area contributed by atoms with Gasteiger partial charge in [-0.05, 0) is 32.4 Å². The maximum atomic E-state index is 12.0. The number of ether oxygens (including phenoxy) is 1. The first-order valence-electron chi connectivity index (χ1n) is 9.15. The van der Waals surface area contributed by atoms with Gasteiger partial charge in [-0.15, -0.1) is 11.3 Å². The lowest BCUT2D eigenvalue weighted by molar-refractivity contribution is -0.122. The molecule has 0 spiro atoms. The van der Waals surface area contributed by atoms with Gasteiger partial charge in [-0.25, -0.2) is 4.98 Å². The lowest BCUT2D eigenvalue weighted by Gasteiger charge is -2.11. The van der Waals surface area contributed by atoms with Crippen LogP contribution in [-0.4, -0.2) is 29.4 Å². The number of hydrogen-bond donors (Lipinski definition) is 2. The molecule has 1 aromatic heterocycles. The number of aromatic nitrogens is 1. The first-order valence-corrected chi connectivity index (χ1v) is 10.0. The lowest BCUT2D eigenvalue weighted by atomic mass is 10.2. The third-order valence-electron chi connectivity index (χ3n) is 4.02. The maximum Gasteiger partial charge on any atom is 0.226 e. The summed E-state index contributed by atoms with van der Waals surface area (Å²) >= 11 is 1.47. The van der Waals surface area contributed by atoms with Crippen LogP contribution in [0.1, 0.15) is 43.0 Å². The molecule has 2 N–H and O–H groups in total. The van der Waals surface area contributed by atoms with E-state index >= 15 is 0 Å². The molecule has 1 unspecified atom stereocenters. The number of nitrogens with one attached hydrogen (secondary N) is 2. The van der Waals surface area contributed by atoms with Crippen molar-refractivity contribution in [2.45, 2.75) is 52.7 Å². The zero-order valence-corrected chi connectivity index (χ0v) is 16.9. The molecule has 0 saturated heterocycles. The van der Waals surface area contributed by atoms with Crippen LogP contribution in [0.2, 0.25) is 0 Å². The second kappa shape index (κ2) is 10.7. The van der Waals surface area contributed by atoms with Gasteiger partial charge >= 0.3 is 0 Å². The fourth-order valence-corrected chi connectivity index (χ4v) is 2.97. The normalized spacial score (nSPS) is 11.7. The number of hydrogen-bond acceptors (Lipinski definition) is 5. The summed E-state index contributed by atoms with van der Waals surface area (Å²) in [4.78, 5) is 28.1. The Morgan fingerprint density at radius 3 is 2.67 bits per heavy atom. The van der Waals surface area contributed by atoms with Gasteiger partial charge in [0.15, 0.2) is 0 Å². The van der Waals surface area contributed by atoms with Crippen LogP contribution < -0.4 is 15.4 Å². The Bertz CT molecular complexity index is 743. The summed E-state index contributed by atoms with van der Waals surface area (Å²) in [5, 5.41) is 8.32. The molecule has 146 valence electrons. The molecule has 0 aliphatic carbocycles. The number of carbonyl (C=O) groups excluding carboxylic acids is 2. The van der Waals surface area contributed by atoms with Crippen LogP contribution in [0.3, 0.4) is 0 Å². The van der Waals surface area contributed by atoms with E-state index in [1.54, 1.807) is 0 Å². The third kappa shape index (κ3) is 7.78. The molecule has 6 nitrogen and oxygen atoms in total.